The molecule has 0 atom stereocenters. The normalized spacial score (nSPS) is 16.1. The molecule has 0 unspecified atom stereocenters. The van der Waals surface area contributed by atoms with E-state index in [-0.39, 0.29) is 24.0 Å². The summed E-state index contributed by atoms with van der Waals surface area (Å²) in [6.07, 6.45) is 5.43. The van der Waals surface area contributed by atoms with E-state index in [0.29, 0.717) is 12.6 Å². The number of anilines is 1. The quantitative estimate of drug-likeness (QED) is 0.362. The van der Waals surface area contributed by atoms with Gasteiger partial charge in [0.1, 0.15) is 5.82 Å². The van der Waals surface area contributed by atoms with Gasteiger partial charge < -0.3 is 20.4 Å². The summed E-state index contributed by atoms with van der Waals surface area (Å²) in [7, 11) is 4.03. The summed E-state index contributed by atoms with van der Waals surface area (Å²) in [6, 6.07) is 4.58. The molecule has 1 saturated heterocycles. The predicted molar refractivity (Wildman–Crippen MR) is 122 cm³/mol. The van der Waals surface area contributed by atoms with Gasteiger partial charge in [0, 0.05) is 51.5 Å². The smallest absolute Gasteiger partial charge is 0.191 e. The first-order valence-corrected chi connectivity index (χ1v) is 9.52. The van der Waals surface area contributed by atoms with Crippen LogP contribution >= 0.6 is 24.0 Å². The van der Waals surface area contributed by atoms with Crippen molar-refractivity contribution < 1.29 is 0 Å². The molecular weight excluding hydrogens is 439 g/mol. The van der Waals surface area contributed by atoms with Gasteiger partial charge in [-0.25, -0.2) is 9.98 Å². The molecule has 1 aliphatic heterocycles. The average Bonchev–Trinajstić information content (AvgIpc) is 2.62. The predicted octanol–water partition coefficient (Wildman–Crippen LogP) is 2.70. The van der Waals surface area contributed by atoms with Gasteiger partial charge in [-0.3, -0.25) is 0 Å². The Hall–Kier alpha value is -1.09. The summed E-state index contributed by atoms with van der Waals surface area (Å²) in [5, 5.41) is 6.99. The standard InChI is InChI=1S/C19H34N6.HI/c1-5-12-25-13-9-17(10-14-25)23-19(20-6-2)22-15-16-8-7-11-21-18(16)24(3)4;/h7-8,11,17H,5-6,9-10,12-15H2,1-4H3,(H2,20,22,23);1H. The van der Waals surface area contributed by atoms with Crippen LogP contribution in [-0.2, 0) is 6.54 Å². The van der Waals surface area contributed by atoms with Crippen LogP contribution < -0.4 is 15.5 Å². The van der Waals surface area contributed by atoms with Gasteiger partial charge in [-0.15, -0.1) is 24.0 Å². The summed E-state index contributed by atoms with van der Waals surface area (Å²) in [4.78, 5) is 13.8. The molecule has 0 saturated carbocycles. The topological polar surface area (TPSA) is 55.8 Å². The van der Waals surface area contributed by atoms with Gasteiger partial charge in [-0.05, 0) is 38.8 Å². The molecule has 26 heavy (non-hydrogen) atoms. The van der Waals surface area contributed by atoms with Crippen molar-refractivity contribution in [3.05, 3.63) is 23.9 Å². The largest absolute Gasteiger partial charge is 0.362 e. The lowest BCUT2D eigenvalue weighted by atomic mass is 10.1. The van der Waals surface area contributed by atoms with E-state index in [1.165, 1.54) is 38.9 Å². The summed E-state index contributed by atoms with van der Waals surface area (Å²) < 4.78 is 0. The van der Waals surface area contributed by atoms with Crippen molar-refractivity contribution in [1.29, 1.82) is 0 Å². The fourth-order valence-corrected chi connectivity index (χ4v) is 3.25. The third-order valence-electron chi connectivity index (χ3n) is 4.51. The van der Waals surface area contributed by atoms with E-state index in [4.69, 9.17) is 4.99 Å². The maximum absolute atomic E-state index is 4.79. The van der Waals surface area contributed by atoms with Crippen LogP contribution in [-0.4, -0.2) is 62.2 Å². The van der Waals surface area contributed by atoms with Crippen LogP contribution in [0.5, 0.6) is 0 Å². The van der Waals surface area contributed by atoms with Crippen LogP contribution in [0.3, 0.4) is 0 Å². The van der Waals surface area contributed by atoms with Crippen LogP contribution in [0, 0.1) is 0 Å². The van der Waals surface area contributed by atoms with Crippen LogP contribution in [0.4, 0.5) is 5.82 Å². The zero-order valence-corrected chi connectivity index (χ0v) is 19.0. The minimum absolute atomic E-state index is 0. The molecule has 2 rings (SSSR count). The number of aliphatic imine (C=N–C) groups is 1. The minimum Gasteiger partial charge on any atom is -0.362 e. The molecule has 0 bridgehead atoms. The molecule has 1 aromatic heterocycles. The van der Waals surface area contributed by atoms with Gasteiger partial charge in [0.15, 0.2) is 5.96 Å². The number of hydrogen-bond acceptors (Lipinski definition) is 4. The van der Waals surface area contributed by atoms with Crippen molar-refractivity contribution >= 4 is 35.8 Å². The van der Waals surface area contributed by atoms with Crippen LogP contribution in [0.2, 0.25) is 0 Å². The molecule has 6 nitrogen and oxygen atoms in total. The fraction of sp³-hybridized carbons (Fsp3) is 0.684. The lowest BCUT2D eigenvalue weighted by Crippen LogP contribution is -2.48. The van der Waals surface area contributed by atoms with E-state index in [1.807, 2.05) is 31.3 Å². The Morgan fingerprint density at radius 1 is 1.31 bits per heavy atom. The number of nitrogens with one attached hydrogen (secondary N) is 2. The maximum atomic E-state index is 4.79. The first-order valence-electron chi connectivity index (χ1n) is 9.52. The summed E-state index contributed by atoms with van der Waals surface area (Å²) in [6.45, 7) is 9.43. The molecule has 1 fully saturated rings. The van der Waals surface area contributed by atoms with E-state index in [2.05, 4.69) is 40.4 Å². The third-order valence-corrected chi connectivity index (χ3v) is 4.51. The van der Waals surface area contributed by atoms with E-state index < -0.39 is 0 Å². The van der Waals surface area contributed by atoms with Crippen molar-refractivity contribution in [3.63, 3.8) is 0 Å². The van der Waals surface area contributed by atoms with Gasteiger partial charge in [-0.2, -0.15) is 0 Å². The van der Waals surface area contributed by atoms with E-state index in [0.717, 1.165) is 23.9 Å². The van der Waals surface area contributed by atoms with Crippen molar-refractivity contribution in [3.8, 4) is 0 Å². The molecule has 2 heterocycles. The average molecular weight is 474 g/mol. The Labute approximate surface area is 175 Å². The molecule has 2 N–H and O–H groups in total. The van der Waals surface area contributed by atoms with Crippen LogP contribution in [0.15, 0.2) is 23.3 Å². The van der Waals surface area contributed by atoms with Crippen LogP contribution in [0.25, 0.3) is 0 Å². The summed E-state index contributed by atoms with van der Waals surface area (Å²) >= 11 is 0. The Balaban J connectivity index is 0.00000338. The van der Waals surface area contributed by atoms with Crippen molar-refractivity contribution in [2.75, 3.05) is 45.2 Å². The highest BCUT2D eigenvalue weighted by Crippen LogP contribution is 2.15. The van der Waals surface area contributed by atoms with Gasteiger partial charge in [0.05, 0.1) is 6.54 Å². The number of likely N-dealkylation sites (tertiary alicyclic amines) is 1. The van der Waals surface area contributed by atoms with Gasteiger partial charge >= 0.3 is 0 Å². The van der Waals surface area contributed by atoms with Gasteiger partial charge in [-0.1, -0.05) is 13.0 Å². The molecule has 148 valence electrons. The number of nitrogens with zero attached hydrogens (tertiary/aromatic N) is 4. The first-order chi connectivity index (χ1) is 12.1. The number of guanidine groups is 1. The lowest BCUT2D eigenvalue weighted by Gasteiger charge is -2.32. The Morgan fingerprint density at radius 3 is 2.65 bits per heavy atom. The second-order valence-corrected chi connectivity index (χ2v) is 6.84. The van der Waals surface area contributed by atoms with Gasteiger partial charge in [0.25, 0.3) is 0 Å². The Morgan fingerprint density at radius 2 is 2.04 bits per heavy atom. The second kappa shape index (κ2) is 12.3. The van der Waals surface area contributed by atoms with E-state index >= 15 is 0 Å². The number of pyridine rings is 1. The number of aromatic nitrogens is 1. The molecule has 0 spiro atoms. The summed E-state index contributed by atoms with van der Waals surface area (Å²) in [5.41, 5.74) is 1.14. The number of hydrogen-bond donors (Lipinski definition) is 2. The maximum Gasteiger partial charge on any atom is 0.191 e. The highest BCUT2D eigenvalue weighted by Gasteiger charge is 2.19. The molecular formula is C19H35IN6. The summed E-state index contributed by atoms with van der Waals surface area (Å²) in [5.74, 6) is 1.89. The number of halogens is 1. The zero-order valence-electron chi connectivity index (χ0n) is 16.7. The number of rotatable bonds is 7. The lowest BCUT2D eigenvalue weighted by molar-refractivity contribution is 0.206. The Bertz CT molecular complexity index is 541. The van der Waals surface area contributed by atoms with Crippen molar-refractivity contribution in [1.82, 2.24) is 20.5 Å². The van der Waals surface area contributed by atoms with Crippen molar-refractivity contribution in [2.45, 2.75) is 45.7 Å². The SMILES string of the molecule is CCCN1CCC(NC(=NCc2cccnc2N(C)C)NCC)CC1.I. The molecule has 7 heteroatoms. The Kier molecular flexibility index (Phi) is 10.9. The van der Waals surface area contributed by atoms with Crippen molar-refractivity contribution in [2.24, 2.45) is 4.99 Å². The zero-order chi connectivity index (χ0) is 18.1. The first kappa shape index (κ1) is 23.0. The highest BCUT2D eigenvalue weighted by atomic mass is 127. The molecule has 0 aliphatic carbocycles. The number of piperidine rings is 1. The van der Waals surface area contributed by atoms with E-state index in [1.54, 1.807) is 0 Å². The highest BCUT2D eigenvalue weighted by molar-refractivity contribution is 14.0. The molecule has 0 amide bonds. The fourth-order valence-electron chi connectivity index (χ4n) is 3.25. The van der Waals surface area contributed by atoms with Crippen LogP contribution in [0.1, 0.15) is 38.7 Å². The molecule has 1 aliphatic rings. The third kappa shape index (κ3) is 7.26. The monoisotopic (exact) mass is 474 g/mol. The minimum atomic E-state index is 0. The van der Waals surface area contributed by atoms with Gasteiger partial charge in [0.2, 0.25) is 0 Å². The molecule has 0 aromatic carbocycles. The molecule has 1 aromatic rings. The molecule has 0 radical (unpaired) electrons. The van der Waals surface area contributed by atoms with E-state index in [9.17, 15) is 0 Å². The second-order valence-electron chi connectivity index (χ2n) is 6.84.